The van der Waals surface area contributed by atoms with E-state index < -0.39 is 0 Å². The van der Waals surface area contributed by atoms with E-state index in [1.54, 1.807) is 6.20 Å². The third-order valence-corrected chi connectivity index (χ3v) is 3.79. The monoisotopic (exact) mass is 286 g/mol. The Bertz CT molecular complexity index is 617. The van der Waals surface area contributed by atoms with Crippen molar-refractivity contribution in [3.05, 3.63) is 24.0 Å². The molecule has 2 aromatic heterocycles. The molecule has 21 heavy (non-hydrogen) atoms. The van der Waals surface area contributed by atoms with Crippen molar-refractivity contribution in [2.45, 2.75) is 31.2 Å². The average molecular weight is 286 g/mol. The molecule has 7 nitrogen and oxygen atoms in total. The molecule has 0 unspecified atom stereocenters. The van der Waals surface area contributed by atoms with Gasteiger partial charge in [-0.05, 0) is 25.3 Å². The summed E-state index contributed by atoms with van der Waals surface area (Å²) in [5.74, 6) is 2.82. The van der Waals surface area contributed by atoms with Crippen LogP contribution < -0.4 is 10.6 Å². The van der Waals surface area contributed by atoms with Gasteiger partial charge in [0.1, 0.15) is 5.82 Å². The lowest BCUT2D eigenvalue weighted by Gasteiger charge is -2.11. The van der Waals surface area contributed by atoms with Gasteiger partial charge in [0.05, 0.1) is 12.6 Å². The van der Waals surface area contributed by atoms with Crippen molar-refractivity contribution >= 4 is 17.6 Å². The Morgan fingerprint density at radius 1 is 1.24 bits per heavy atom. The van der Waals surface area contributed by atoms with E-state index in [1.807, 2.05) is 6.07 Å². The van der Waals surface area contributed by atoms with Crippen molar-refractivity contribution in [3.63, 3.8) is 0 Å². The van der Waals surface area contributed by atoms with Crippen LogP contribution in [0.15, 0.2) is 18.3 Å². The quantitative estimate of drug-likeness (QED) is 0.779. The van der Waals surface area contributed by atoms with Crippen LogP contribution in [-0.4, -0.2) is 39.4 Å². The van der Waals surface area contributed by atoms with Gasteiger partial charge in [-0.15, -0.1) is 0 Å². The van der Waals surface area contributed by atoms with Gasteiger partial charge in [0, 0.05) is 30.5 Å². The fraction of sp³-hybridized carbons (Fsp3) is 0.500. The van der Waals surface area contributed by atoms with Gasteiger partial charge >= 0.3 is 0 Å². The molecule has 1 aliphatic carbocycles. The van der Waals surface area contributed by atoms with Crippen LogP contribution in [0.2, 0.25) is 0 Å². The molecule has 1 aliphatic heterocycles. The summed E-state index contributed by atoms with van der Waals surface area (Å²) in [6.07, 6.45) is 5.24. The number of aromatic amines is 1. The Morgan fingerprint density at radius 3 is 3.00 bits per heavy atom. The predicted octanol–water partition coefficient (Wildman–Crippen LogP) is 2.02. The van der Waals surface area contributed by atoms with Gasteiger partial charge in [0.2, 0.25) is 5.95 Å². The van der Waals surface area contributed by atoms with Crippen LogP contribution in [0.5, 0.6) is 0 Å². The molecule has 2 aromatic rings. The molecule has 0 amide bonds. The largest absolute Gasteiger partial charge is 0.379 e. The van der Waals surface area contributed by atoms with E-state index in [4.69, 9.17) is 4.74 Å². The minimum absolute atomic E-state index is 0.298. The fourth-order valence-electron chi connectivity index (χ4n) is 2.46. The minimum Gasteiger partial charge on any atom is -0.379 e. The van der Waals surface area contributed by atoms with Gasteiger partial charge in [-0.25, -0.2) is 4.98 Å². The van der Waals surface area contributed by atoms with Crippen molar-refractivity contribution in [2.75, 3.05) is 23.8 Å². The first kappa shape index (κ1) is 12.6. The zero-order valence-electron chi connectivity index (χ0n) is 11.7. The van der Waals surface area contributed by atoms with Gasteiger partial charge in [-0.2, -0.15) is 10.1 Å². The van der Waals surface area contributed by atoms with E-state index in [0.717, 1.165) is 24.7 Å². The van der Waals surface area contributed by atoms with E-state index in [1.165, 1.54) is 18.5 Å². The molecule has 2 aliphatic rings. The number of ether oxygens (including phenoxy) is 1. The molecule has 1 atom stereocenters. The lowest BCUT2D eigenvalue weighted by Crippen LogP contribution is -2.20. The smallest absolute Gasteiger partial charge is 0.224 e. The van der Waals surface area contributed by atoms with E-state index >= 15 is 0 Å². The molecule has 7 heteroatoms. The normalized spacial score (nSPS) is 21.4. The minimum atomic E-state index is 0.298. The van der Waals surface area contributed by atoms with Crippen LogP contribution in [0.25, 0.3) is 0 Å². The third-order valence-electron chi connectivity index (χ3n) is 3.79. The molecule has 3 heterocycles. The highest BCUT2D eigenvalue weighted by molar-refractivity contribution is 5.53. The van der Waals surface area contributed by atoms with E-state index in [-0.39, 0.29) is 0 Å². The predicted molar refractivity (Wildman–Crippen MR) is 78.7 cm³/mol. The maximum atomic E-state index is 5.34. The maximum absolute atomic E-state index is 5.34. The van der Waals surface area contributed by atoms with Crippen LogP contribution in [0.4, 0.5) is 17.6 Å². The Balaban J connectivity index is 1.43. The van der Waals surface area contributed by atoms with Crippen LogP contribution in [-0.2, 0) is 4.74 Å². The van der Waals surface area contributed by atoms with Crippen LogP contribution in [0, 0.1) is 0 Å². The Labute approximate surface area is 122 Å². The first-order valence-corrected chi connectivity index (χ1v) is 7.36. The number of hydrogen-bond donors (Lipinski definition) is 3. The maximum Gasteiger partial charge on any atom is 0.224 e. The number of aromatic nitrogens is 4. The zero-order chi connectivity index (χ0) is 14.1. The molecular formula is C14H18N6O. The van der Waals surface area contributed by atoms with Crippen molar-refractivity contribution < 1.29 is 4.74 Å². The summed E-state index contributed by atoms with van der Waals surface area (Å²) in [6, 6.07) is 4.19. The van der Waals surface area contributed by atoms with Gasteiger partial charge in [-0.1, -0.05) is 0 Å². The number of nitrogens with one attached hydrogen (secondary N) is 3. The molecule has 110 valence electrons. The average Bonchev–Trinajstić information content (AvgIpc) is 3.02. The number of nitrogens with zero attached hydrogens (tertiary/aromatic N) is 3. The standard InChI is InChI=1S/C14H18N6O/c1-2-9(1)11-7-13(20-19-11)17-12-3-5-15-14(18-12)16-10-4-6-21-8-10/h3,5,7,9-10H,1-2,4,6,8H2,(H3,15,16,17,18,19,20)/t10-/m0/s1. The highest BCUT2D eigenvalue weighted by atomic mass is 16.5. The summed E-state index contributed by atoms with van der Waals surface area (Å²) in [5.41, 5.74) is 1.20. The lowest BCUT2D eigenvalue weighted by atomic mass is 10.3. The summed E-state index contributed by atoms with van der Waals surface area (Å²) in [5, 5.41) is 13.8. The van der Waals surface area contributed by atoms with E-state index in [2.05, 4.69) is 36.9 Å². The van der Waals surface area contributed by atoms with Crippen LogP contribution in [0.3, 0.4) is 0 Å². The first-order valence-electron chi connectivity index (χ1n) is 7.36. The summed E-state index contributed by atoms with van der Waals surface area (Å²) in [4.78, 5) is 8.70. The second-order valence-corrected chi connectivity index (χ2v) is 5.58. The fourth-order valence-corrected chi connectivity index (χ4v) is 2.46. The molecule has 3 N–H and O–H groups in total. The summed E-state index contributed by atoms with van der Waals surface area (Å²) < 4.78 is 5.34. The van der Waals surface area contributed by atoms with Gasteiger partial charge < -0.3 is 15.4 Å². The molecular weight excluding hydrogens is 268 g/mol. The molecule has 1 saturated carbocycles. The number of hydrogen-bond acceptors (Lipinski definition) is 6. The van der Waals surface area contributed by atoms with Gasteiger partial charge in [0.25, 0.3) is 0 Å². The Hall–Kier alpha value is -2.15. The molecule has 1 saturated heterocycles. The number of anilines is 3. The summed E-state index contributed by atoms with van der Waals surface area (Å²) in [6.45, 7) is 1.51. The molecule has 2 fully saturated rings. The van der Waals surface area contributed by atoms with Crippen molar-refractivity contribution in [3.8, 4) is 0 Å². The number of H-pyrrole nitrogens is 1. The van der Waals surface area contributed by atoms with Crippen LogP contribution >= 0.6 is 0 Å². The first-order chi connectivity index (χ1) is 10.4. The zero-order valence-corrected chi connectivity index (χ0v) is 11.7. The topological polar surface area (TPSA) is 87.8 Å². The van der Waals surface area contributed by atoms with E-state index in [0.29, 0.717) is 24.5 Å². The molecule has 0 bridgehead atoms. The Morgan fingerprint density at radius 2 is 2.19 bits per heavy atom. The SMILES string of the molecule is c1cc(Nc2cc(C3CC3)[nH]n2)nc(N[C@H]2CCOC2)n1. The molecule has 0 spiro atoms. The number of rotatable bonds is 5. The molecule has 0 aromatic carbocycles. The Kier molecular flexibility index (Phi) is 3.19. The molecule has 4 rings (SSSR count). The van der Waals surface area contributed by atoms with Crippen molar-refractivity contribution in [1.82, 2.24) is 20.2 Å². The second-order valence-electron chi connectivity index (χ2n) is 5.58. The second kappa shape index (κ2) is 5.33. The molecule has 0 radical (unpaired) electrons. The highest BCUT2D eigenvalue weighted by Gasteiger charge is 2.25. The lowest BCUT2D eigenvalue weighted by molar-refractivity contribution is 0.195. The van der Waals surface area contributed by atoms with Crippen molar-refractivity contribution in [2.24, 2.45) is 0 Å². The summed E-state index contributed by atoms with van der Waals surface area (Å²) >= 11 is 0. The van der Waals surface area contributed by atoms with Crippen LogP contribution in [0.1, 0.15) is 30.9 Å². The summed E-state index contributed by atoms with van der Waals surface area (Å²) in [7, 11) is 0. The van der Waals surface area contributed by atoms with E-state index in [9.17, 15) is 0 Å². The van der Waals surface area contributed by atoms with Crippen molar-refractivity contribution in [1.29, 1.82) is 0 Å². The van der Waals surface area contributed by atoms with Gasteiger partial charge in [-0.3, -0.25) is 5.10 Å². The van der Waals surface area contributed by atoms with Gasteiger partial charge in [0.15, 0.2) is 5.82 Å². The third kappa shape index (κ3) is 2.97. The highest BCUT2D eigenvalue weighted by Crippen LogP contribution is 2.39.